The summed E-state index contributed by atoms with van der Waals surface area (Å²) in [6.45, 7) is 12.1. The van der Waals surface area contributed by atoms with Crippen molar-refractivity contribution in [2.45, 2.75) is 40.0 Å². The molecule has 1 saturated heterocycles. The highest BCUT2D eigenvalue weighted by Crippen LogP contribution is 2.13. The molecular formula is C15H31N3O. The molecule has 0 spiro atoms. The van der Waals surface area contributed by atoms with E-state index in [0.29, 0.717) is 12.5 Å². The number of nitrogens with one attached hydrogen (secondary N) is 2. The van der Waals surface area contributed by atoms with Gasteiger partial charge >= 0.3 is 0 Å². The van der Waals surface area contributed by atoms with Crippen LogP contribution < -0.4 is 10.6 Å². The SMILES string of the molecule is CCCN(CC(=O)NCC(C)C)CC1CCNCC1. The molecule has 0 aromatic heterocycles. The molecular weight excluding hydrogens is 238 g/mol. The predicted octanol–water partition coefficient (Wildman–Crippen LogP) is 1.47. The Labute approximate surface area is 118 Å². The Morgan fingerprint density at radius 3 is 2.63 bits per heavy atom. The van der Waals surface area contributed by atoms with Crippen molar-refractivity contribution < 1.29 is 4.79 Å². The Balaban J connectivity index is 2.31. The standard InChI is InChI=1S/C15H31N3O/c1-4-9-18(11-14-5-7-16-8-6-14)12-15(19)17-10-13(2)3/h13-14,16H,4-12H2,1-3H3,(H,17,19). The van der Waals surface area contributed by atoms with Crippen molar-refractivity contribution in [3.05, 3.63) is 0 Å². The summed E-state index contributed by atoms with van der Waals surface area (Å²) in [6.07, 6.45) is 3.60. The molecule has 1 heterocycles. The van der Waals surface area contributed by atoms with E-state index in [4.69, 9.17) is 0 Å². The molecule has 19 heavy (non-hydrogen) atoms. The zero-order valence-corrected chi connectivity index (χ0v) is 12.9. The number of carbonyl (C=O) groups is 1. The fourth-order valence-electron chi connectivity index (χ4n) is 2.56. The van der Waals surface area contributed by atoms with E-state index in [1.54, 1.807) is 0 Å². The van der Waals surface area contributed by atoms with Crippen LogP contribution in [-0.4, -0.2) is 50.1 Å². The first-order chi connectivity index (χ1) is 9.11. The highest BCUT2D eigenvalue weighted by molar-refractivity contribution is 5.77. The molecule has 4 heteroatoms. The van der Waals surface area contributed by atoms with Crippen molar-refractivity contribution in [2.24, 2.45) is 11.8 Å². The molecule has 1 rings (SSSR count). The second-order valence-electron chi connectivity index (χ2n) is 6.13. The second kappa shape index (κ2) is 9.32. The van der Waals surface area contributed by atoms with E-state index in [-0.39, 0.29) is 5.91 Å². The van der Waals surface area contributed by atoms with Crippen molar-refractivity contribution >= 4 is 5.91 Å². The largest absolute Gasteiger partial charge is 0.355 e. The lowest BCUT2D eigenvalue weighted by Crippen LogP contribution is -2.42. The van der Waals surface area contributed by atoms with Gasteiger partial charge in [0.25, 0.3) is 0 Å². The van der Waals surface area contributed by atoms with Gasteiger partial charge in [0.1, 0.15) is 0 Å². The molecule has 0 aromatic rings. The lowest BCUT2D eigenvalue weighted by atomic mass is 9.97. The first-order valence-electron chi connectivity index (χ1n) is 7.81. The topological polar surface area (TPSA) is 44.4 Å². The fourth-order valence-corrected chi connectivity index (χ4v) is 2.56. The first kappa shape index (κ1) is 16.4. The Morgan fingerprint density at radius 1 is 1.37 bits per heavy atom. The van der Waals surface area contributed by atoms with Crippen LogP contribution in [0.15, 0.2) is 0 Å². The normalized spacial score (nSPS) is 17.1. The minimum Gasteiger partial charge on any atom is -0.355 e. The molecule has 0 aromatic carbocycles. The average molecular weight is 269 g/mol. The Kier molecular flexibility index (Phi) is 8.07. The van der Waals surface area contributed by atoms with Crippen molar-refractivity contribution in [3.63, 3.8) is 0 Å². The van der Waals surface area contributed by atoms with E-state index in [1.165, 1.54) is 12.8 Å². The Morgan fingerprint density at radius 2 is 2.05 bits per heavy atom. The molecule has 0 saturated carbocycles. The Hall–Kier alpha value is -0.610. The minimum absolute atomic E-state index is 0.177. The van der Waals surface area contributed by atoms with Crippen LogP contribution in [0.5, 0.6) is 0 Å². The third-order valence-corrected chi connectivity index (χ3v) is 3.59. The molecule has 1 aliphatic rings. The van der Waals surface area contributed by atoms with Crippen LogP contribution in [0.2, 0.25) is 0 Å². The van der Waals surface area contributed by atoms with Crippen molar-refractivity contribution in [2.75, 3.05) is 39.3 Å². The number of carbonyl (C=O) groups excluding carboxylic acids is 1. The molecule has 1 fully saturated rings. The number of hydrogen-bond donors (Lipinski definition) is 2. The van der Waals surface area contributed by atoms with Gasteiger partial charge in [-0.3, -0.25) is 9.69 Å². The van der Waals surface area contributed by atoms with Gasteiger partial charge in [0.2, 0.25) is 5.91 Å². The Bertz CT molecular complexity index is 250. The number of hydrogen-bond acceptors (Lipinski definition) is 3. The summed E-state index contributed by atoms with van der Waals surface area (Å²) in [5.74, 6) is 1.45. The van der Waals surface area contributed by atoms with Gasteiger partial charge in [-0.05, 0) is 50.7 Å². The third-order valence-electron chi connectivity index (χ3n) is 3.59. The van der Waals surface area contributed by atoms with E-state index < -0.39 is 0 Å². The molecule has 0 atom stereocenters. The molecule has 0 aliphatic carbocycles. The number of amides is 1. The molecule has 0 bridgehead atoms. The number of rotatable bonds is 8. The summed E-state index contributed by atoms with van der Waals surface area (Å²) >= 11 is 0. The van der Waals surface area contributed by atoms with Crippen molar-refractivity contribution in [3.8, 4) is 0 Å². The van der Waals surface area contributed by atoms with Gasteiger partial charge in [-0.1, -0.05) is 20.8 Å². The van der Waals surface area contributed by atoms with Gasteiger partial charge in [-0.2, -0.15) is 0 Å². The minimum atomic E-state index is 0.177. The van der Waals surface area contributed by atoms with Gasteiger partial charge in [-0.15, -0.1) is 0 Å². The van der Waals surface area contributed by atoms with Gasteiger partial charge in [0.15, 0.2) is 0 Å². The highest BCUT2D eigenvalue weighted by atomic mass is 16.2. The third kappa shape index (κ3) is 7.53. The summed E-state index contributed by atoms with van der Waals surface area (Å²) < 4.78 is 0. The van der Waals surface area contributed by atoms with Crippen LogP contribution in [0.3, 0.4) is 0 Å². The summed E-state index contributed by atoms with van der Waals surface area (Å²) in [5.41, 5.74) is 0. The predicted molar refractivity (Wildman–Crippen MR) is 80.2 cm³/mol. The van der Waals surface area contributed by atoms with E-state index in [0.717, 1.165) is 45.1 Å². The number of nitrogens with zero attached hydrogens (tertiary/aromatic N) is 1. The lowest BCUT2D eigenvalue weighted by molar-refractivity contribution is -0.122. The van der Waals surface area contributed by atoms with Gasteiger partial charge < -0.3 is 10.6 Å². The second-order valence-corrected chi connectivity index (χ2v) is 6.13. The fraction of sp³-hybridized carbons (Fsp3) is 0.933. The summed E-state index contributed by atoms with van der Waals surface area (Å²) in [7, 11) is 0. The van der Waals surface area contributed by atoms with E-state index >= 15 is 0 Å². The van der Waals surface area contributed by atoms with E-state index in [9.17, 15) is 4.79 Å². The molecule has 1 aliphatic heterocycles. The van der Waals surface area contributed by atoms with Crippen molar-refractivity contribution in [1.29, 1.82) is 0 Å². The van der Waals surface area contributed by atoms with E-state index in [1.807, 2.05) is 0 Å². The van der Waals surface area contributed by atoms with Crippen LogP contribution in [0.1, 0.15) is 40.0 Å². The van der Waals surface area contributed by atoms with Crippen LogP contribution in [0, 0.1) is 11.8 Å². The zero-order chi connectivity index (χ0) is 14.1. The first-order valence-corrected chi connectivity index (χ1v) is 7.81. The molecule has 4 nitrogen and oxygen atoms in total. The van der Waals surface area contributed by atoms with Crippen LogP contribution >= 0.6 is 0 Å². The van der Waals surface area contributed by atoms with E-state index in [2.05, 4.69) is 36.3 Å². The van der Waals surface area contributed by atoms with Crippen LogP contribution in [0.4, 0.5) is 0 Å². The zero-order valence-electron chi connectivity index (χ0n) is 12.9. The molecule has 112 valence electrons. The molecule has 1 amide bonds. The summed E-state index contributed by atoms with van der Waals surface area (Å²) in [5, 5.41) is 6.41. The molecule has 2 N–H and O–H groups in total. The maximum atomic E-state index is 11.9. The average Bonchev–Trinajstić information content (AvgIpc) is 2.38. The summed E-state index contributed by atoms with van der Waals surface area (Å²) in [6, 6.07) is 0. The maximum Gasteiger partial charge on any atom is 0.234 e. The van der Waals surface area contributed by atoms with Gasteiger partial charge in [0.05, 0.1) is 6.54 Å². The van der Waals surface area contributed by atoms with Crippen LogP contribution in [0.25, 0.3) is 0 Å². The van der Waals surface area contributed by atoms with Gasteiger partial charge in [-0.25, -0.2) is 0 Å². The monoisotopic (exact) mass is 269 g/mol. The number of piperidine rings is 1. The molecule has 0 radical (unpaired) electrons. The maximum absolute atomic E-state index is 11.9. The van der Waals surface area contributed by atoms with Crippen molar-refractivity contribution in [1.82, 2.24) is 15.5 Å². The lowest BCUT2D eigenvalue weighted by Gasteiger charge is -2.29. The quantitative estimate of drug-likeness (QED) is 0.701. The van der Waals surface area contributed by atoms with Gasteiger partial charge in [0, 0.05) is 13.1 Å². The molecule has 0 unspecified atom stereocenters. The highest BCUT2D eigenvalue weighted by Gasteiger charge is 2.18. The summed E-state index contributed by atoms with van der Waals surface area (Å²) in [4.78, 5) is 14.2. The van der Waals surface area contributed by atoms with Crippen LogP contribution in [-0.2, 0) is 4.79 Å². The smallest absolute Gasteiger partial charge is 0.234 e.